The number of alkyl halides is 3. The van der Waals surface area contributed by atoms with E-state index in [0.29, 0.717) is 49.7 Å². The van der Waals surface area contributed by atoms with E-state index >= 15 is 0 Å². The van der Waals surface area contributed by atoms with Gasteiger partial charge in [0, 0.05) is 43.6 Å². The highest BCUT2D eigenvalue weighted by molar-refractivity contribution is 6.33. The number of aromatic nitrogens is 1. The first kappa shape index (κ1) is 24.0. The Labute approximate surface area is 189 Å². The molecule has 1 atom stereocenters. The Balaban J connectivity index is 1.62. The van der Waals surface area contributed by atoms with Gasteiger partial charge in [0.15, 0.2) is 5.78 Å². The van der Waals surface area contributed by atoms with Crippen molar-refractivity contribution in [3.8, 4) is 0 Å². The molecule has 3 rings (SSSR count). The van der Waals surface area contributed by atoms with Crippen LogP contribution in [0.15, 0.2) is 36.5 Å². The fourth-order valence-corrected chi connectivity index (χ4v) is 3.84. The number of carbonyl (C=O) groups excluding carboxylic acids is 2. The summed E-state index contributed by atoms with van der Waals surface area (Å²) < 4.78 is 38.6. The molecule has 32 heavy (non-hydrogen) atoms. The lowest BCUT2D eigenvalue weighted by Crippen LogP contribution is -2.44. The van der Waals surface area contributed by atoms with Crippen LogP contribution in [-0.2, 0) is 11.0 Å². The van der Waals surface area contributed by atoms with Crippen molar-refractivity contribution in [3.05, 3.63) is 52.7 Å². The lowest BCUT2D eigenvalue weighted by atomic mass is 10.1. The summed E-state index contributed by atoms with van der Waals surface area (Å²) in [4.78, 5) is 31.9. The Morgan fingerprint density at radius 1 is 1.12 bits per heavy atom. The summed E-state index contributed by atoms with van der Waals surface area (Å²) in [6.07, 6.45) is -3.01. The molecule has 1 saturated heterocycles. The Kier molecular flexibility index (Phi) is 7.40. The zero-order valence-electron chi connectivity index (χ0n) is 17.7. The molecule has 1 amide bonds. The number of hydrogen-bond donors (Lipinski definition) is 1. The van der Waals surface area contributed by atoms with Crippen molar-refractivity contribution >= 4 is 34.8 Å². The molecule has 0 radical (unpaired) electrons. The van der Waals surface area contributed by atoms with Gasteiger partial charge in [0.05, 0.1) is 16.6 Å². The van der Waals surface area contributed by atoms with Gasteiger partial charge >= 0.3 is 6.18 Å². The second kappa shape index (κ2) is 9.87. The molecule has 0 spiro atoms. The molecule has 0 bridgehead atoms. The predicted molar refractivity (Wildman–Crippen MR) is 117 cm³/mol. The molecule has 1 aliphatic heterocycles. The van der Waals surface area contributed by atoms with Gasteiger partial charge in [-0.15, -0.1) is 0 Å². The Bertz CT molecular complexity index is 982. The van der Waals surface area contributed by atoms with Crippen LogP contribution in [0.25, 0.3) is 0 Å². The van der Waals surface area contributed by atoms with Gasteiger partial charge in [-0.25, -0.2) is 4.98 Å². The van der Waals surface area contributed by atoms with Crippen LogP contribution in [0.3, 0.4) is 0 Å². The number of anilines is 2. The molecule has 2 aromatic rings. The summed E-state index contributed by atoms with van der Waals surface area (Å²) in [6, 6.07) is 7.16. The van der Waals surface area contributed by atoms with Gasteiger partial charge in [0.1, 0.15) is 5.82 Å². The maximum Gasteiger partial charge on any atom is 0.417 e. The van der Waals surface area contributed by atoms with Gasteiger partial charge in [-0.05, 0) is 50.6 Å². The van der Waals surface area contributed by atoms with Gasteiger partial charge in [0.2, 0.25) is 5.91 Å². The molecule has 1 fully saturated rings. The number of carbonyl (C=O) groups is 2. The molecule has 2 heterocycles. The number of pyridine rings is 1. The van der Waals surface area contributed by atoms with Crippen molar-refractivity contribution in [3.63, 3.8) is 0 Å². The minimum atomic E-state index is -4.50. The number of amides is 1. The van der Waals surface area contributed by atoms with Gasteiger partial charge in [-0.1, -0.05) is 11.6 Å². The van der Waals surface area contributed by atoms with E-state index in [0.717, 1.165) is 12.3 Å². The molecule has 1 unspecified atom stereocenters. The highest BCUT2D eigenvalue weighted by Crippen LogP contribution is 2.33. The Morgan fingerprint density at radius 3 is 2.41 bits per heavy atom. The molecule has 172 valence electrons. The highest BCUT2D eigenvalue weighted by Gasteiger charge is 2.32. The first-order chi connectivity index (χ1) is 15.1. The van der Waals surface area contributed by atoms with Crippen LogP contribution >= 0.6 is 11.6 Å². The fourth-order valence-electron chi connectivity index (χ4n) is 3.56. The van der Waals surface area contributed by atoms with Crippen molar-refractivity contribution < 1.29 is 22.8 Å². The van der Waals surface area contributed by atoms with Crippen LogP contribution in [0.4, 0.5) is 24.7 Å². The normalized spacial score (nSPS) is 16.4. The van der Waals surface area contributed by atoms with E-state index in [1.807, 2.05) is 9.80 Å². The maximum atomic E-state index is 12.9. The second-order valence-corrected chi connectivity index (χ2v) is 8.11. The van der Waals surface area contributed by atoms with Crippen molar-refractivity contribution in [2.24, 2.45) is 0 Å². The second-order valence-electron chi connectivity index (χ2n) is 7.70. The molecular formula is C22H24ClF3N4O2. The lowest BCUT2D eigenvalue weighted by Gasteiger charge is -2.27. The first-order valence-electron chi connectivity index (χ1n) is 10.2. The molecule has 10 heteroatoms. The maximum absolute atomic E-state index is 12.9. The molecule has 0 aliphatic carbocycles. The predicted octanol–water partition coefficient (Wildman–Crippen LogP) is 4.50. The number of rotatable bonds is 5. The van der Waals surface area contributed by atoms with E-state index in [1.165, 1.54) is 6.92 Å². The lowest BCUT2D eigenvalue weighted by molar-refractivity contribution is -0.137. The average Bonchev–Trinajstić information content (AvgIpc) is 2.99. The average molecular weight is 469 g/mol. The molecular weight excluding hydrogens is 445 g/mol. The first-order valence-corrected chi connectivity index (χ1v) is 10.6. The van der Waals surface area contributed by atoms with Crippen LogP contribution in [0, 0.1) is 0 Å². The van der Waals surface area contributed by atoms with Crippen LogP contribution < -0.4 is 10.2 Å². The van der Waals surface area contributed by atoms with E-state index in [1.54, 1.807) is 31.2 Å². The number of nitrogens with one attached hydrogen (secondary N) is 1. The fraction of sp³-hybridized carbons (Fsp3) is 0.409. The monoisotopic (exact) mass is 468 g/mol. The van der Waals surface area contributed by atoms with E-state index in [-0.39, 0.29) is 16.7 Å². The topological polar surface area (TPSA) is 65.5 Å². The Morgan fingerprint density at radius 2 is 1.81 bits per heavy atom. The van der Waals surface area contributed by atoms with Gasteiger partial charge in [-0.3, -0.25) is 14.5 Å². The minimum absolute atomic E-state index is 0.0481. The quantitative estimate of drug-likeness (QED) is 0.655. The van der Waals surface area contributed by atoms with Crippen LogP contribution in [0.5, 0.6) is 0 Å². The highest BCUT2D eigenvalue weighted by atomic mass is 35.5. The van der Waals surface area contributed by atoms with Crippen molar-refractivity contribution in [1.82, 2.24) is 9.88 Å². The van der Waals surface area contributed by atoms with Crippen molar-refractivity contribution in [2.45, 2.75) is 32.5 Å². The van der Waals surface area contributed by atoms with E-state index in [9.17, 15) is 22.8 Å². The molecule has 1 N–H and O–H groups in total. The smallest absolute Gasteiger partial charge is 0.354 e. The number of ketones is 1. The van der Waals surface area contributed by atoms with Crippen LogP contribution in [0.2, 0.25) is 5.02 Å². The van der Waals surface area contributed by atoms with Gasteiger partial charge < -0.3 is 10.2 Å². The summed E-state index contributed by atoms with van der Waals surface area (Å²) in [5.74, 6) is 0.0805. The largest absolute Gasteiger partial charge is 0.417 e. The van der Waals surface area contributed by atoms with Crippen molar-refractivity contribution in [2.75, 3.05) is 36.4 Å². The summed E-state index contributed by atoms with van der Waals surface area (Å²) in [5, 5.41) is 2.80. The van der Waals surface area contributed by atoms with Gasteiger partial charge in [-0.2, -0.15) is 13.2 Å². The summed E-state index contributed by atoms with van der Waals surface area (Å²) in [6.45, 7) is 5.49. The minimum Gasteiger partial charge on any atom is -0.354 e. The summed E-state index contributed by atoms with van der Waals surface area (Å²) in [5.41, 5.74) is 0.285. The molecule has 1 aromatic heterocycles. The van der Waals surface area contributed by atoms with Crippen molar-refractivity contribution in [1.29, 1.82) is 0 Å². The zero-order chi connectivity index (χ0) is 23.5. The molecule has 1 aromatic carbocycles. The molecule has 0 saturated carbocycles. The number of hydrogen-bond acceptors (Lipinski definition) is 5. The Hall–Kier alpha value is -2.65. The number of nitrogens with zero attached hydrogens (tertiary/aromatic N) is 3. The number of Topliss-reactive ketones (excluding diaryl/α,β-unsaturated/α-hetero) is 1. The van der Waals surface area contributed by atoms with E-state index in [2.05, 4.69) is 10.3 Å². The van der Waals surface area contributed by atoms with E-state index in [4.69, 9.17) is 11.6 Å². The third-order valence-corrected chi connectivity index (χ3v) is 5.74. The third-order valence-electron chi connectivity index (χ3n) is 5.47. The molecule has 6 nitrogen and oxygen atoms in total. The molecule has 1 aliphatic rings. The van der Waals surface area contributed by atoms with Crippen LogP contribution in [0.1, 0.15) is 36.2 Å². The third kappa shape index (κ3) is 5.77. The van der Waals surface area contributed by atoms with Crippen LogP contribution in [-0.4, -0.2) is 53.8 Å². The van der Waals surface area contributed by atoms with E-state index < -0.39 is 17.8 Å². The SMILES string of the molecule is CC(=O)c1ccc(NC(=O)C(C)N2CCCN(c3ncc(C(F)(F)F)cc3Cl)CC2)cc1. The summed E-state index contributed by atoms with van der Waals surface area (Å²) in [7, 11) is 0. The summed E-state index contributed by atoms with van der Waals surface area (Å²) >= 11 is 6.09. The van der Waals surface area contributed by atoms with Gasteiger partial charge in [0.25, 0.3) is 0 Å². The standard InChI is InChI=1S/C22H24ClF3N4O2/c1-14(21(32)28-18-6-4-16(5-7-18)15(2)31)29-8-3-9-30(11-10-29)20-19(23)12-17(13-27-20)22(24,25)26/h4-7,12-14H,3,8-11H2,1-2H3,(H,28,32). The zero-order valence-corrected chi connectivity index (χ0v) is 18.5. The number of halogens is 4. The number of benzene rings is 1.